The lowest BCUT2D eigenvalue weighted by Gasteiger charge is -2.29. The van der Waals surface area contributed by atoms with Gasteiger partial charge in [0.1, 0.15) is 5.82 Å². The minimum absolute atomic E-state index is 0.0707. The first-order valence-electron chi connectivity index (χ1n) is 13.0. The maximum absolute atomic E-state index is 15.3. The van der Waals surface area contributed by atoms with Crippen molar-refractivity contribution in [3.05, 3.63) is 64.5 Å². The van der Waals surface area contributed by atoms with Gasteiger partial charge in [-0.25, -0.2) is 8.78 Å². The number of hydrogen-bond acceptors (Lipinski definition) is 1. The molecular formula is C30H37F3O. The third-order valence-corrected chi connectivity index (χ3v) is 7.97. The van der Waals surface area contributed by atoms with E-state index >= 15 is 4.39 Å². The number of halogens is 3. The Morgan fingerprint density at radius 1 is 0.824 bits per heavy atom. The zero-order chi connectivity index (χ0) is 24.1. The van der Waals surface area contributed by atoms with Gasteiger partial charge in [-0.15, -0.1) is 0 Å². The van der Waals surface area contributed by atoms with Gasteiger partial charge in [-0.1, -0.05) is 82.1 Å². The Bertz CT molecular complexity index is 1020. The number of hydrogen-bond donors (Lipinski definition) is 0. The predicted molar refractivity (Wildman–Crippen MR) is 133 cm³/mol. The monoisotopic (exact) mass is 470 g/mol. The van der Waals surface area contributed by atoms with Gasteiger partial charge in [-0.05, 0) is 60.8 Å². The molecule has 0 radical (unpaired) electrons. The van der Waals surface area contributed by atoms with Crippen LogP contribution in [0.3, 0.4) is 0 Å². The van der Waals surface area contributed by atoms with Gasteiger partial charge < -0.3 is 4.74 Å². The van der Waals surface area contributed by atoms with Gasteiger partial charge in [-0.3, -0.25) is 0 Å². The molecule has 0 atom stereocenters. The van der Waals surface area contributed by atoms with E-state index in [1.54, 1.807) is 6.07 Å². The van der Waals surface area contributed by atoms with Crippen molar-refractivity contribution in [3.8, 4) is 16.9 Å². The van der Waals surface area contributed by atoms with Crippen molar-refractivity contribution >= 4 is 0 Å². The second-order valence-electron chi connectivity index (χ2n) is 10.2. The molecule has 0 aromatic heterocycles. The Kier molecular flexibility index (Phi) is 8.39. The first-order chi connectivity index (χ1) is 16.5. The van der Waals surface area contributed by atoms with Crippen LogP contribution in [0.2, 0.25) is 0 Å². The molecule has 2 aromatic rings. The van der Waals surface area contributed by atoms with E-state index in [4.69, 9.17) is 4.74 Å². The molecule has 1 fully saturated rings. The zero-order valence-corrected chi connectivity index (χ0v) is 20.6. The third kappa shape index (κ3) is 5.53. The first-order valence-corrected chi connectivity index (χ1v) is 13.0. The average Bonchev–Trinajstić information content (AvgIpc) is 2.86. The maximum atomic E-state index is 15.3. The number of benzene rings is 2. The molecule has 0 unspecified atom stereocenters. The van der Waals surface area contributed by atoms with Crippen LogP contribution in [0.4, 0.5) is 13.2 Å². The number of rotatable bonds is 9. The van der Waals surface area contributed by atoms with E-state index in [2.05, 4.69) is 13.0 Å². The van der Waals surface area contributed by atoms with E-state index in [0.29, 0.717) is 12.0 Å². The molecule has 0 heterocycles. The van der Waals surface area contributed by atoms with Crippen LogP contribution in [0.25, 0.3) is 11.1 Å². The quantitative estimate of drug-likeness (QED) is 0.262. The second kappa shape index (κ2) is 11.5. The van der Waals surface area contributed by atoms with Crippen molar-refractivity contribution in [1.82, 2.24) is 0 Å². The molecular weight excluding hydrogens is 433 g/mol. The van der Waals surface area contributed by atoms with Crippen molar-refractivity contribution in [2.75, 3.05) is 7.11 Å². The molecule has 1 saturated carbocycles. The summed E-state index contributed by atoms with van der Waals surface area (Å²) in [6, 6.07) is 6.18. The molecule has 0 spiro atoms. The second-order valence-corrected chi connectivity index (χ2v) is 10.2. The number of fused-ring (bicyclic) bond motifs is 1. The molecule has 184 valence electrons. The lowest BCUT2D eigenvalue weighted by Crippen LogP contribution is -2.15. The number of ether oxygens (including phenoxy) is 1. The Morgan fingerprint density at radius 2 is 1.50 bits per heavy atom. The van der Waals surface area contributed by atoms with Gasteiger partial charge >= 0.3 is 0 Å². The molecule has 0 amide bonds. The topological polar surface area (TPSA) is 9.23 Å². The van der Waals surface area contributed by atoms with Crippen LogP contribution in [0, 0.1) is 29.3 Å². The molecule has 2 aliphatic rings. The summed E-state index contributed by atoms with van der Waals surface area (Å²) in [5, 5.41) is 0. The van der Waals surface area contributed by atoms with Gasteiger partial charge in [0.2, 0.25) is 5.82 Å². The molecule has 0 saturated heterocycles. The van der Waals surface area contributed by atoms with Crippen LogP contribution in [0.5, 0.6) is 5.75 Å². The molecule has 2 aromatic carbocycles. The Hall–Kier alpha value is -2.23. The summed E-state index contributed by atoms with van der Waals surface area (Å²) < 4.78 is 48.9. The van der Waals surface area contributed by atoms with E-state index in [1.807, 2.05) is 6.07 Å². The van der Waals surface area contributed by atoms with Crippen molar-refractivity contribution < 1.29 is 17.9 Å². The van der Waals surface area contributed by atoms with E-state index in [1.165, 1.54) is 82.6 Å². The normalized spacial score (nSPS) is 20.1. The molecule has 0 bridgehead atoms. The molecule has 2 aliphatic carbocycles. The van der Waals surface area contributed by atoms with E-state index in [0.717, 1.165) is 30.2 Å². The molecule has 1 nitrogen and oxygen atoms in total. The third-order valence-electron chi connectivity index (χ3n) is 7.97. The smallest absolute Gasteiger partial charge is 0.201 e. The Morgan fingerprint density at radius 3 is 2.21 bits per heavy atom. The summed E-state index contributed by atoms with van der Waals surface area (Å²) in [4.78, 5) is 0. The predicted octanol–water partition coefficient (Wildman–Crippen LogP) is 8.97. The highest BCUT2D eigenvalue weighted by Crippen LogP contribution is 2.38. The highest BCUT2D eigenvalue weighted by Gasteiger charge is 2.24. The van der Waals surface area contributed by atoms with Gasteiger partial charge in [0.25, 0.3) is 0 Å². The lowest BCUT2D eigenvalue weighted by atomic mass is 9.77. The van der Waals surface area contributed by atoms with Crippen LogP contribution in [-0.4, -0.2) is 7.11 Å². The number of allylic oxidation sites excluding steroid dienone is 2. The van der Waals surface area contributed by atoms with E-state index < -0.39 is 17.5 Å². The highest BCUT2D eigenvalue weighted by atomic mass is 19.2. The standard InChI is InChI=1S/C30H37F3O/c1-3-4-5-6-20-7-9-21(10-8-20)11-12-22-13-15-24-23(19-22)14-16-25(28(24)31)26-17-18-27(34-2)30(33)29(26)32/h13-14,16-18,20-21H,3-12,15,19H2,1-2H3. The largest absolute Gasteiger partial charge is 0.494 e. The van der Waals surface area contributed by atoms with Gasteiger partial charge in [0.05, 0.1) is 7.11 Å². The molecule has 4 heteroatoms. The van der Waals surface area contributed by atoms with Crippen LogP contribution in [0.1, 0.15) is 82.3 Å². The Labute approximate surface area is 202 Å². The van der Waals surface area contributed by atoms with Crippen LogP contribution < -0.4 is 4.74 Å². The fourth-order valence-corrected chi connectivity index (χ4v) is 5.79. The number of methoxy groups -OCH3 is 1. The van der Waals surface area contributed by atoms with Crippen molar-refractivity contribution in [1.29, 1.82) is 0 Å². The first kappa shape index (κ1) is 24.9. The van der Waals surface area contributed by atoms with Gasteiger partial charge in [-0.2, -0.15) is 4.39 Å². The SMILES string of the molecule is CCCCCC1CCC(CCC2=CCc3c(ccc(-c4ccc(OC)c(F)c4F)c3F)C2)CC1. The molecule has 4 rings (SSSR count). The van der Waals surface area contributed by atoms with Crippen LogP contribution >= 0.6 is 0 Å². The fourth-order valence-electron chi connectivity index (χ4n) is 5.79. The summed E-state index contributed by atoms with van der Waals surface area (Å²) in [6.45, 7) is 2.27. The number of unbranched alkanes of at least 4 members (excludes halogenated alkanes) is 2. The average molecular weight is 471 g/mol. The maximum Gasteiger partial charge on any atom is 0.201 e. The fraction of sp³-hybridized carbons (Fsp3) is 0.533. The van der Waals surface area contributed by atoms with Gasteiger partial charge in [0, 0.05) is 11.1 Å². The molecule has 0 N–H and O–H groups in total. The minimum Gasteiger partial charge on any atom is -0.494 e. The zero-order valence-electron chi connectivity index (χ0n) is 20.6. The van der Waals surface area contributed by atoms with E-state index in [-0.39, 0.29) is 16.9 Å². The van der Waals surface area contributed by atoms with E-state index in [9.17, 15) is 8.78 Å². The summed E-state index contributed by atoms with van der Waals surface area (Å²) in [7, 11) is 1.28. The lowest BCUT2D eigenvalue weighted by molar-refractivity contribution is 0.249. The van der Waals surface area contributed by atoms with Gasteiger partial charge in [0.15, 0.2) is 11.6 Å². The molecule has 34 heavy (non-hydrogen) atoms. The summed E-state index contributed by atoms with van der Waals surface area (Å²) in [6.07, 6.45) is 16.6. The van der Waals surface area contributed by atoms with Crippen molar-refractivity contribution in [2.24, 2.45) is 11.8 Å². The highest BCUT2D eigenvalue weighted by molar-refractivity contribution is 5.68. The van der Waals surface area contributed by atoms with Crippen LogP contribution in [0.15, 0.2) is 35.9 Å². The van der Waals surface area contributed by atoms with Crippen LogP contribution in [-0.2, 0) is 12.8 Å². The van der Waals surface area contributed by atoms with Crippen molar-refractivity contribution in [2.45, 2.75) is 84.0 Å². The summed E-state index contributed by atoms with van der Waals surface area (Å²) >= 11 is 0. The summed E-state index contributed by atoms with van der Waals surface area (Å²) in [5.74, 6) is -1.05. The Balaban J connectivity index is 1.35. The van der Waals surface area contributed by atoms with Crippen molar-refractivity contribution in [3.63, 3.8) is 0 Å². The summed E-state index contributed by atoms with van der Waals surface area (Å²) in [5.41, 5.74) is 2.98. The minimum atomic E-state index is -1.09. The molecule has 0 aliphatic heterocycles.